The standard InChI is InChI=1S/C16H24N4/c1-5-13-9-14(20(6-2)19-13)10-16(17-4)15-11-18-8-7-12(15)3/h7-9,11,16-17H,5-6,10H2,1-4H3. The molecule has 1 N–H and O–H groups in total. The maximum atomic E-state index is 4.62. The Labute approximate surface area is 121 Å². The third-order valence-corrected chi connectivity index (χ3v) is 3.79. The summed E-state index contributed by atoms with van der Waals surface area (Å²) in [6.07, 6.45) is 5.72. The highest BCUT2D eigenvalue weighted by molar-refractivity contribution is 5.27. The minimum atomic E-state index is 0.274. The lowest BCUT2D eigenvalue weighted by Crippen LogP contribution is -2.21. The van der Waals surface area contributed by atoms with Crippen LogP contribution in [0.3, 0.4) is 0 Å². The van der Waals surface area contributed by atoms with Gasteiger partial charge in [-0.25, -0.2) is 0 Å². The van der Waals surface area contributed by atoms with Gasteiger partial charge >= 0.3 is 0 Å². The van der Waals surface area contributed by atoms with Crippen LogP contribution in [0.4, 0.5) is 0 Å². The van der Waals surface area contributed by atoms with Gasteiger partial charge in [-0.15, -0.1) is 0 Å². The van der Waals surface area contributed by atoms with E-state index in [1.54, 1.807) is 0 Å². The van der Waals surface area contributed by atoms with Crippen molar-refractivity contribution in [2.24, 2.45) is 0 Å². The Morgan fingerprint density at radius 2 is 2.15 bits per heavy atom. The Bertz CT molecular complexity index is 559. The predicted molar refractivity (Wildman–Crippen MR) is 81.8 cm³/mol. The van der Waals surface area contributed by atoms with Crippen molar-refractivity contribution in [2.45, 2.75) is 46.2 Å². The van der Waals surface area contributed by atoms with Crippen molar-refractivity contribution in [1.82, 2.24) is 20.1 Å². The number of hydrogen-bond donors (Lipinski definition) is 1. The predicted octanol–water partition coefficient (Wildman–Crippen LogP) is 2.67. The molecular weight excluding hydrogens is 248 g/mol. The van der Waals surface area contributed by atoms with E-state index in [9.17, 15) is 0 Å². The molecule has 0 aliphatic carbocycles. The third kappa shape index (κ3) is 3.07. The topological polar surface area (TPSA) is 42.7 Å². The average Bonchev–Trinajstić information content (AvgIpc) is 2.88. The number of nitrogens with one attached hydrogen (secondary N) is 1. The second-order valence-corrected chi connectivity index (χ2v) is 5.07. The fraction of sp³-hybridized carbons (Fsp3) is 0.500. The Balaban J connectivity index is 2.26. The first-order chi connectivity index (χ1) is 9.69. The van der Waals surface area contributed by atoms with Crippen LogP contribution < -0.4 is 5.32 Å². The molecule has 4 nitrogen and oxygen atoms in total. The number of likely N-dealkylation sites (N-methyl/N-ethyl adjacent to an activating group) is 1. The van der Waals surface area contributed by atoms with Gasteiger partial charge < -0.3 is 5.32 Å². The van der Waals surface area contributed by atoms with Crippen LogP contribution in [0.15, 0.2) is 24.5 Å². The summed E-state index contributed by atoms with van der Waals surface area (Å²) in [5.41, 5.74) is 4.99. The first kappa shape index (κ1) is 14.7. The lowest BCUT2D eigenvalue weighted by Gasteiger charge is -2.18. The van der Waals surface area contributed by atoms with Crippen molar-refractivity contribution < 1.29 is 0 Å². The minimum Gasteiger partial charge on any atom is -0.313 e. The van der Waals surface area contributed by atoms with E-state index < -0.39 is 0 Å². The maximum absolute atomic E-state index is 4.62. The Morgan fingerprint density at radius 1 is 1.35 bits per heavy atom. The summed E-state index contributed by atoms with van der Waals surface area (Å²) in [5, 5.41) is 8.03. The normalized spacial score (nSPS) is 12.6. The van der Waals surface area contributed by atoms with Gasteiger partial charge in [-0.05, 0) is 50.6 Å². The molecule has 2 heterocycles. The van der Waals surface area contributed by atoms with E-state index in [2.05, 4.69) is 53.0 Å². The zero-order chi connectivity index (χ0) is 14.5. The van der Waals surface area contributed by atoms with Crippen LogP contribution in [0.5, 0.6) is 0 Å². The van der Waals surface area contributed by atoms with E-state index in [0.717, 1.165) is 19.4 Å². The van der Waals surface area contributed by atoms with Crippen molar-refractivity contribution in [1.29, 1.82) is 0 Å². The zero-order valence-corrected chi connectivity index (χ0v) is 12.8. The lowest BCUT2D eigenvalue weighted by molar-refractivity contribution is 0.537. The number of rotatable bonds is 6. The molecule has 20 heavy (non-hydrogen) atoms. The SMILES string of the molecule is CCc1cc(CC(NC)c2cnccc2C)n(CC)n1. The molecule has 0 radical (unpaired) electrons. The number of pyridine rings is 1. The molecule has 0 saturated heterocycles. The van der Waals surface area contributed by atoms with E-state index in [1.807, 2.05) is 19.4 Å². The second kappa shape index (κ2) is 6.66. The van der Waals surface area contributed by atoms with Crippen molar-refractivity contribution in [3.8, 4) is 0 Å². The van der Waals surface area contributed by atoms with E-state index in [0.29, 0.717) is 0 Å². The molecule has 0 aromatic carbocycles. The Hall–Kier alpha value is -1.68. The molecule has 1 atom stereocenters. The van der Waals surface area contributed by atoms with Crippen molar-refractivity contribution >= 4 is 0 Å². The van der Waals surface area contributed by atoms with Crippen LogP contribution in [0.25, 0.3) is 0 Å². The maximum Gasteiger partial charge on any atom is 0.0624 e. The fourth-order valence-electron chi connectivity index (χ4n) is 2.54. The quantitative estimate of drug-likeness (QED) is 0.879. The fourth-order valence-corrected chi connectivity index (χ4v) is 2.54. The summed E-state index contributed by atoms with van der Waals surface area (Å²) in [5.74, 6) is 0. The second-order valence-electron chi connectivity index (χ2n) is 5.07. The smallest absolute Gasteiger partial charge is 0.0624 e. The highest BCUT2D eigenvalue weighted by Crippen LogP contribution is 2.21. The van der Waals surface area contributed by atoms with E-state index in [4.69, 9.17) is 0 Å². The molecular formula is C16H24N4. The molecule has 4 heteroatoms. The third-order valence-electron chi connectivity index (χ3n) is 3.79. The Morgan fingerprint density at radius 3 is 2.75 bits per heavy atom. The van der Waals surface area contributed by atoms with Crippen LogP contribution in [-0.2, 0) is 19.4 Å². The van der Waals surface area contributed by atoms with Crippen LogP contribution in [0.1, 0.15) is 42.4 Å². The van der Waals surface area contributed by atoms with Crippen molar-refractivity contribution in [3.63, 3.8) is 0 Å². The van der Waals surface area contributed by atoms with Crippen LogP contribution in [-0.4, -0.2) is 21.8 Å². The molecule has 1 unspecified atom stereocenters. The summed E-state index contributed by atoms with van der Waals surface area (Å²) < 4.78 is 2.11. The van der Waals surface area contributed by atoms with Gasteiger partial charge in [-0.1, -0.05) is 6.92 Å². The highest BCUT2D eigenvalue weighted by Gasteiger charge is 2.16. The molecule has 2 rings (SSSR count). The molecule has 0 saturated carbocycles. The number of nitrogens with zero attached hydrogens (tertiary/aromatic N) is 3. The number of hydrogen-bond acceptors (Lipinski definition) is 3. The van der Waals surface area contributed by atoms with Gasteiger partial charge in [0, 0.05) is 37.1 Å². The van der Waals surface area contributed by atoms with Crippen LogP contribution in [0, 0.1) is 6.92 Å². The first-order valence-electron chi connectivity index (χ1n) is 7.32. The van der Waals surface area contributed by atoms with Gasteiger partial charge in [0.15, 0.2) is 0 Å². The molecule has 0 bridgehead atoms. The molecule has 2 aromatic heterocycles. The molecule has 0 aliphatic heterocycles. The first-order valence-corrected chi connectivity index (χ1v) is 7.32. The molecule has 0 aliphatic rings. The van der Waals surface area contributed by atoms with Gasteiger partial charge in [-0.2, -0.15) is 5.10 Å². The number of aryl methyl sites for hydroxylation is 3. The minimum absolute atomic E-state index is 0.274. The summed E-state index contributed by atoms with van der Waals surface area (Å²) in [6, 6.07) is 4.56. The molecule has 0 fully saturated rings. The monoisotopic (exact) mass is 272 g/mol. The van der Waals surface area contributed by atoms with Gasteiger partial charge in [0.05, 0.1) is 5.69 Å². The zero-order valence-electron chi connectivity index (χ0n) is 12.8. The van der Waals surface area contributed by atoms with Gasteiger partial charge in [0.1, 0.15) is 0 Å². The van der Waals surface area contributed by atoms with Crippen LogP contribution >= 0.6 is 0 Å². The van der Waals surface area contributed by atoms with Crippen molar-refractivity contribution in [3.05, 3.63) is 47.0 Å². The number of aromatic nitrogens is 3. The van der Waals surface area contributed by atoms with Crippen molar-refractivity contribution in [2.75, 3.05) is 7.05 Å². The average molecular weight is 272 g/mol. The van der Waals surface area contributed by atoms with Gasteiger partial charge in [-0.3, -0.25) is 9.67 Å². The molecule has 108 valence electrons. The summed E-state index contributed by atoms with van der Waals surface area (Å²) in [6.45, 7) is 7.33. The van der Waals surface area contributed by atoms with E-state index in [1.165, 1.54) is 22.5 Å². The molecule has 0 spiro atoms. The van der Waals surface area contributed by atoms with E-state index >= 15 is 0 Å². The molecule has 0 amide bonds. The molecule has 2 aromatic rings. The largest absolute Gasteiger partial charge is 0.313 e. The van der Waals surface area contributed by atoms with Gasteiger partial charge in [0.25, 0.3) is 0 Å². The summed E-state index contributed by atoms with van der Waals surface area (Å²) in [4.78, 5) is 4.26. The summed E-state index contributed by atoms with van der Waals surface area (Å²) in [7, 11) is 2.00. The Kier molecular flexibility index (Phi) is 4.90. The summed E-state index contributed by atoms with van der Waals surface area (Å²) >= 11 is 0. The van der Waals surface area contributed by atoms with Gasteiger partial charge in [0.2, 0.25) is 0 Å². The lowest BCUT2D eigenvalue weighted by atomic mass is 9.99. The van der Waals surface area contributed by atoms with Crippen LogP contribution in [0.2, 0.25) is 0 Å². The van der Waals surface area contributed by atoms with E-state index in [-0.39, 0.29) is 6.04 Å². The highest BCUT2D eigenvalue weighted by atomic mass is 15.3.